The van der Waals surface area contributed by atoms with Crippen LogP contribution in [0.2, 0.25) is 13.1 Å². The Bertz CT molecular complexity index is 324. The minimum atomic E-state index is -0.745. The molecule has 1 rings (SSSR count). The Hall–Kier alpha value is -0.213. The molecule has 0 nitrogen and oxygen atoms in total. The van der Waals surface area contributed by atoms with E-state index >= 15 is 0 Å². The Morgan fingerprint density at radius 1 is 1.14 bits per heavy atom. The summed E-state index contributed by atoms with van der Waals surface area (Å²) < 4.78 is 0. The fourth-order valence-electron chi connectivity index (χ4n) is 1.86. The molecular weight excluding hydrogens is 204 g/mol. The number of rotatable bonds is 1. The summed E-state index contributed by atoms with van der Waals surface area (Å²) in [5.41, 5.74) is 1.66. The van der Waals surface area contributed by atoms with E-state index in [9.17, 15) is 0 Å². The van der Waals surface area contributed by atoms with Crippen LogP contribution in [0.15, 0.2) is 23.1 Å². The standard InChI is InChI=1S/C12H20SSi/c1-12(2,3)11-9(13)7-6-8-10(11)14(4)5/h6-8,13-14H,1-5H3. The molecule has 0 radical (unpaired) electrons. The van der Waals surface area contributed by atoms with Gasteiger partial charge in [0.2, 0.25) is 0 Å². The molecule has 0 saturated heterocycles. The molecule has 0 unspecified atom stereocenters. The van der Waals surface area contributed by atoms with E-state index in [1.165, 1.54) is 5.56 Å². The first-order chi connectivity index (χ1) is 6.34. The van der Waals surface area contributed by atoms with Gasteiger partial charge in [-0.2, -0.15) is 0 Å². The molecule has 0 atom stereocenters. The van der Waals surface area contributed by atoms with Gasteiger partial charge >= 0.3 is 0 Å². The van der Waals surface area contributed by atoms with Gasteiger partial charge in [-0.05, 0) is 17.0 Å². The molecule has 1 aromatic carbocycles. The Morgan fingerprint density at radius 3 is 2.07 bits per heavy atom. The van der Waals surface area contributed by atoms with Crippen LogP contribution in [-0.2, 0) is 5.41 Å². The third-order valence-electron chi connectivity index (χ3n) is 2.45. The first-order valence-corrected chi connectivity index (χ1v) is 8.49. The predicted molar refractivity (Wildman–Crippen MR) is 70.9 cm³/mol. The maximum atomic E-state index is 4.58. The summed E-state index contributed by atoms with van der Waals surface area (Å²) in [6.07, 6.45) is 0. The van der Waals surface area contributed by atoms with Crippen LogP contribution in [0, 0.1) is 0 Å². The average molecular weight is 224 g/mol. The average Bonchev–Trinajstić information content (AvgIpc) is 2.01. The smallest absolute Gasteiger partial charge is 0.0651 e. The lowest BCUT2D eigenvalue weighted by atomic mass is 9.87. The van der Waals surface area contributed by atoms with Crippen molar-refractivity contribution in [3.63, 3.8) is 0 Å². The summed E-state index contributed by atoms with van der Waals surface area (Å²) in [5, 5.41) is 1.56. The summed E-state index contributed by atoms with van der Waals surface area (Å²) in [6, 6.07) is 6.50. The summed E-state index contributed by atoms with van der Waals surface area (Å²) in [4.78, 5) is 1.15. The second-order valence-electron chi connectivity index (χ2n) is 5.15. The van der Waals surface area contributed by atoms with E-state index in [2.05, 4.69) is 64.7 Å². The summed E-state index contributed by atoms with van der Waals surface area (Å²) in [6.45, 7) is 11.5. The number of benzene rings is 1. The number of thiol groups is 1. The van der Waals surface area contributed by atoms with Gasteiger partial charge < -0.3 is 0 Å². The van der Waals surface area contributed by atoms with Crippen molar-refractivity contribution in [1.29, 1.82) is 0 Å². The summed E-state index contributed by atoms with van der Waals surface area (Å²) >= 11 is 4.58. The molecule has 0 aliphatic rings. The monoisotopic (exact) mass is 224 g/mol. The minimum Gasteiger partial charge on any atom is -0.143 e. The molecule has 0 aliphatic heterocycles. The van der Waals surface area contributed by atoms with E-state index in [1.54, 1.807) is 5.19 Å². The van der Waals surface area contributed by atoms with Crippen molar-refractivity contribution >= 4 is 26.6 Å². The van der Waals surface area contributed by atoms with Crippen LogP contribution in [-0.4, -0.2) is 8.80 Å². The Kier molecular flexibility index (Phi) is 3.48. The van der Waals surface area contributed by atoms with Crippen molar-refractivity contribution in [2.75, 3.05) is 0 Å². The molecule has 1 aromatic rings. The Balaban J connectivity index is 3.38. The van der Waals surface area contributed by atoms with Crippen LogP contribution in [0.3, 0.4) is 0 Å². The highest BCUT2D eigenvalue weighted by Gasteiger charge is 2.21. The molecule has 0 fully saturated rings. The van der Waals surface area contributed by atoms with Crippen molar-refractivity contribution < 1.29 is 0 Å². The van der Waals surface area contributed by atoms with Crippen molar-refractivity contribution in [2.24, 2.45) is 0 Å². The van der Waals surface area contributed by atoms with Gasteiger partial charge in [0, 0.05) is 4.90 Å². The van der Waals surface area contributed by atoms with Gasteiger partial charge in [-0.3, -0.25) is 0 Å². The molecule has 78 valence electrons. The lowest BCUT2D eigenvalue weighted by Crippen LogP contribution is -2.33. The first kappa shape index (κ1) is 11.9. The third-order valence-corrected chi connectivity index (χ3v) is 4.54. The molecule has 0 N–H and O–H groups in total. The quantitative estimate of drug-likeness (QED) is 0.550. The molecule has 0 saturated carbocycles. The predicted octanol–water partition coefficient (Wildman–Crippen LogP) is 2.97. The normalized spacial score (nSPS) is 12.2. The maximum Gasteiger partial charge on any atom is 0.0651 e. The van der Waals surface area contributed by atoms with E-state index in [4.69, 9.17) is 0 Å². The van der Waals surface area contributed by atoms with Crippen LogP contribution in [0.25, 0.3) is 0 Å². The van der Waals surface area contributed by atoms with Gasteiger partial charge in [0.05, 0.1) is 8.80 Å². The van der Waals surface area contributed by atoms with Crippen molar-refractivity contribution in [3.8, 4) is 0 Å². The fourth-order valence-corrected chi connectivity index (χ4v) is 4.19. The zero-order chi connectivity index (χ0) is 10.9. The highest BCUT2D eigenvalue weighted by Crippen LogP contribution is 2.26. The minimum absolute atomic E-state index is 0.213. The highest BCUT2D eigenvalue weighted by atomic mass is 32.1. The largest absolute Gasteiger partial charge is 0.143 e. The first-order valence-electron chi connectivity index (χ1n) is 5.16. The van der Waals surface area contributed by atoms with Gasteiger partial charge in [0.25, 0.3) is 0 Å². The Labute approximate surface area is 94.8 Å². The van der Waals surface area contributed by atoms with Gasteiger partial charge in [0.15, 0.2) is 0 Å². The number of hydrogen-bond donors (Lipinski definition) is 1. The highest BCUT2D eigenvalue weighted by molar-refractivity contribution is 7.80. The SMILES string of the molecule is C[SiH](C)c1cccc(S)c1C(C)(C)C. The van der Waals surface area contributed by atoms with E-state index in [-0.39, 0.29) is 5.41 Å². The fraction of sp³-hybridized carbons (Fsp3) is 0.500. The topological polar surface area (TPSA) is 0 Å². The van der Waals surface area contributed by atoms with Gasteiger partial charge in [-0.15, -0.1) is 12.6 Å². The molecular formula is C12H20SSi. The van der Waals surface area contributed by atoms with Crippen molar-refractivity contribution in [2.45, 2.75) is 44.2 Å². The van der Waals surface area contributed by atoms with E-state index in [0.717, 1.165) is 4.90 Å². The molecule has 2 heteroatoms. The van der Waals surface area contributed by atoms with Crippen LogP contribution in [0.5, 0.6) is 0 Å². The number of hydrogen-bond acceptors (Lipinski definition) is 1. The zero-order valence-corrected chi connectivity index (χ0v) is 11.8. The van der Waals surface area contributed by atoms with E-state index in [0.29, 0.717) is 0 Å². The Morgan fingerprint density at radius 2 is 1.71 bits per heavy atom. The van der Waals surface area contributed by atoms with Crippen molar-refractivity contribution in [1.82, 2.24) is 0 Å². The molecule has 0 aliphatic carbocycles. The van der Waals surface area contributed by atoms with Gasteiger partial charge in [-0.1, -0.05) is 51.2 Å². The maximum absolute atomic E-state index is 4.58. The molecule has 0 amide bonds. The lowest BCUT2D eigenvalue weighted by Gasteiger charge is -2.26. The molecule has 0 heterocycles. The summed E-state index contributed by atoms with van der Waals surface area (Å²) in [5.74, 6) is 0. The summed E-state index contributed by atoms with van der Waals surface area (Å²) in [7, 11) is -0.745. The molecule has 0 spiro atoms. The third kappa shape index (κ3) is 2.42. The van der Waals surface area contributed by atoms with Crippen LogP contribution in [0.1, 0.15) is 26.3 Å². The van der Waals surface area contributed by atoms with Gasteiger partial charge in [0.1, 0.15) is 0 Å². The zero-order valence-electron chi connectivity index (χ0n) is 9.76. The van der Waals surface area contributed by atoms with Crippen LogP contribution < -0.4 is 5.19 Å². The van der Waals surface area contributed by atoms with Crippen LogP contribution >= 0.6 is 12.6 Å². The van der Waals surface area contributed by atoms with E-state index < -0.39 is 8.80 Å². The molecule has 0 aromatic heterocycles. The van der Waals surface area contributed by atoms with Gasteiger partial charge in [-0.25, -0.2) is 0 Å². The second-order valence-corrected chi connectivity index (χ2v) is 8.56. The molecule has 0 bridgehead atoms. The molecule has 14 heavy (non-hydrogen) atoms. The lowest BCUT2D eigenvalue weighted by molar-refractivity contribution is 0.582. The van der Waals surface area contributed by atoms with Crippen LogP contribution in [0.4, 0.5) is 0 Å². The van der Waals surface area contributed by atoms with E-state index in [1.807, 2.05) is 0 Å². The van der Waals surface area contributed by atoms with Crippen molar-refractivity contribution in [3.05, 3.63) is 23.8 Å². The second kappa shape index (κ2) is 4.11.